The molecule has 2 aromatic carbocycles. The van der Waals surface area contributed by atoms with Gasteiger partial charge in [0, 0.05) is 11.9 Å². The fraction of sp³-hybridized carbons (Fsp3) is 0.0952. The topological polar surface area (TPSA) is 102 Å². The Hall–Kier alpha value is -3.65. The van der Waals surface area contributed by atoms with Crippen LogP contribution in [0.5, 0.6) is 0 Å². The van der Waals surface area contributed by atoms with Crippen LogP contribution in [0.25, 0.3) is 10.1 Å². The van der Waals surface area contributed by atoms with Crippen molar-refractivity contribution < 1.29 is 9.53 Å². The molecule has 29 heavy (non-hydrogen) atoms. The van der Waals surface area contributed by atoms with Crippen molar-refractivity contribution in [1.29, 1.82) is 0 Å². The van der Waals surface area contributed by atoms with Crippen molar-refractivity contribution in [1.82, 2.24) is 15.0 Å². The van der Waals surface area contributed by atoms with E-state index in [2.05, 4.69) is 27.1 Å². The van der Waals surface area contributed by atoms with Gasteiger partial charge in [0.15, 0.2) is 17.4 Å². The second-order valence-electron chi connectivity index (χ2n) is 6.61. The van der Waals surface area contributed by atoms with Crippen LogP contribution in [0, 0.1) is 0 Å². The minimum atomic E-state index is -0.469. The number of nitrogens with zero attached hydrogens (tertiary/aromatic N) is 2. The summed E-state index contributed by atoms with van der Waals surface area (Å²) in [5, 5.41) is 7.51. The SMILES string of the molecule is NC(=O)c1cccc2c(C3=NC(NCc4ccccc4)=C4OCC=C4N3)nsc12. The fourth-order valence-corrected chi connectivity index (χ4v) is 4.24. The van der Waals surface area contributed by atoms with E-state index in [1.165, 1.54) is 11.5 Å². The summed E-state index contributed by atoms with van der Waals surface area (Å²) in [5.41, 5.74) is 8.65. The number of amides is 1. The number of aliphatic imine (C=N–C) groups is 1. The van der Waals surface area contributed by atoms with Crippen molar-refractivity contribution in [3.05, 3.63) is 88.7 Å². The van der Waals surface area contributed by atoms with Crippen molar-refractivity contribution in [2.75, 3.05) is 6.61 Å². The first kappa shape index (κ1) is 17.4. The van der Waals surface area contributed by atoms with E-state index in [1.54, 1.807) is 12.1 Å². The second kappa shape index (κ2) is 7.06. The fourth-order valence-electron chi connectivity index (χ4n) is 3.34. The number of carbonyl (C=O) groups is 1. The normalized spacial score (nSPS) is 15.3. The van der Waals surface area contributed by atoms with Gasteiger partial charge in [-0.05, 0) is 29.2 Å². The van der Waals surface area contributed by atoms with Crippen LogP contribution in [0.4, 0.5) is 0 Å². The number of hydrogen-bond donors (Lipinski definition) is 3. The lowest BCUT2D eigenvalue weighted by atomic mass is 10.1. The van der Waals surface area contributed by atoms with Crippen LogP contribution in [0.3, 0.4) is 0 Å². The smallest absolute Gasteiger partial charge is 0.250 e. The molecule has 1 amide bonds. The van der Waals surface area contributed by atoms with Crippen molar-refractivity contribution in [3.8, 4) is 0 Å². The molecule has 0 saturated heterocycles. The predicted octanol–water partition coefficient (Wildman–Crippen LogP) is 2.62. The Morgan fingerprint density at radius 2 is 2.07 bits per heavy atom. The van der Waals surface area contributed by atoms with Crippen LogP contribution in [0.2, 0.25) is 0 Å². The number of fused-ring (bicyclic) bond motifs is 2. The van der Waals surface area contributed by atoms with Gasteiger partial charge in [0.05, 0.1) is 16.0 Å². The Morgan fingerprint density at radius 3 is 2.90 bits per heavy atom. The number of hydrogen-bond acceptors (Lipinski definition) is 7. The molecule has 0 radical (unpaired) electrons. The maximum atomic E-state index is 11.7. The van der Waals surface area contributed by atoms with Crippen LogP contribution in [-0.2, 0) is 11.3 Å². The molecule has 0 fully saturated rings. The lowest BCUT2D eigenvalue weighted by Crippen LogP contribution is -2.31. The zero-order chi connectivity index (χ0) is 19.8. The van der Waals surface area contributed by atoms with E-state index in [0.29, 0.717) is 41.8 Å². The summed E-state index contributed by atoms with van der Waals surface area (Å²) < 4.78 is 11.0. The Bertz CT molecular complexity index is 1210. The summed E-state index contributed by atoms with van der Waals surface area (Å²) in [5.74, 6) is 1.48. The first-order chi connectivity index (χ1) is 14.2. The lowest BCUT2D eigenvalue weighted by molar-refractivity contribution is 0.100. The van der Waals surface area contributed by atoms with Gasteiger partial charge >= 0.3 is 0 Å². The van der Waals surface area contributed by atoms with E-state index in [9.17, 15) is 4.79 Å². The highest BCUT2D eigenvalue weighted by molar-refractivity contribution is 7.14. The van der Waals surface area contributed by atoms with E-state index < -0.39 is 5.91 Å². The zero-order valence-electron chi connectivity index (χ0n) is 15.3. The molecule has 5 rings (SSSR count). The zero-order valence-corrected chi connectivity index (χ0v) is 16.1. The number of nitrogens with two attached hydrogens (primary N) is 1. The van der Waals surface area contributed by atoms with Gasteiger partial charge in [0.25, 0.3) is 0 Å². The van der Waals surface area contributed by atoms with Gasteiger partial charge in [-0.1, -0.05) is 42.5 Å². The molecule has 2 aliphatic rings. The molecule has 3 aromatic rings. The van der Waals surface area contributed by atoms with Crippen molar-refractivity contribution in [2.24, 2.45) is 10.7 Å². The van der Waals surface area contributed by atoms with E-state index in [0.717, 1.165) is 21.3 Å². The summed E-state index contributed by atoms with van der Waals surface area (Å²) in [6.07, 6.45) is 1.97. The van der Waals surface area contributed by atoms with Crippen molar-refractivity contribution >= 4 is 33.4 Å². The molecule has 0 atom stereocenters. The standard InChI is InChI=1S/C21H17N5O2S/c22-19(27)14-8-4-7-13-16(26-29-18(13)14)20-24-15-9-10-28-17(15)21(25-20)23-11-12-5-2-1-3-6-12/h1-9,23H,10-11H2,(H2,22,27)(H,24,25). The second-order valence-corrected chi connectivity index (χ2v) is 7.38. The summed E-state index contributed by atoms with van der Waals surface area (Å²) in [6, 6.07) is 15.5. The summed E-state index contributed by atoms with van der Waals surface area (Å²) in [6.45, 7) is 1.11. The molecule has 7 nitrogen and oxygen atoms in total. The molecule has 0 bridgehead atoms. The summed E-state index contributed by atoms with van der Waals surface area (Å²) in [7, 11) is 0. The van der Waals surface area contributed by atoms with Crippen LogP contribution in [0.1, 0.15) is 21.6 Å². The van der Waals surface area contributed by atoms with Gasteiger partial charge in [-0.25, -0.2) is 4.99 Å². The number of amidine groups is 1. The molecule has 1 aromatic heterocycles. The molecule has 0 aliphatic carbocycles. The third-order valence-corrected chi connectivity index (χ3v) is 5.64. The first-order valence-electron chi connectivity index (χ1n) is 9.10. The monoisotopic (exact) mass is 403 g/mol. The number of primary amides is 1. The number of aromatic nitrogens is 1. The third-order valence-electron chi connectivity index (χ3n) is 4.74. The van der Waals surface area contributed by atoms with Crippen LogP contribution in [0.15, 0.2) is 76.9 Å². The maximum absolute atomic E-state index is 11.7. The van der Waals surface area contributed by atoms with Crippen LogP contribution < -0.4 is 16.4 Å². The molecule has 0 unspecified atom stereocenters. The molecular formula is C21H17N5O2S. The highest BCUT2D eigenvalue weighted by Crippen LogP contribution is 2.30. The van der Waals surface area contributed by atoms with E-state index in [-0.39, 0.29) is 0 Å². The minimum Gasteiger partial charge on any atom is -0.483 e. The number of rotatable bonds is 5. The van der Waals surface area contributed by atoms with E-state index >= 15 is 0 Å². The molecule has 144 valence electrons. The molecule has 0 saturated carbocycles. The van der Waals surface area contributed by atoms with Gasteiger partial charge in [0.2, 0.25) is 5.91 Å². The van der Waals surface area contributed by atoms with E-state index in [4.69, 9.17) is 15.5 Å². The van der Waals surface area contributed by atoms with Gasteiger partial charge in [0.1, 0.15) is 12.3 Å². The highest BCUT2D eigenvalue weighted by atomic mass is 32.1. The molecule has 2 aliphatic heterocycles. The Morgan fingerprint density at radius 1 is 1.21 bits per heavy atom. The first-order valence-corrected chi connectivity index (χ1v) is 9.88. The average molecular weight is 403 g/mol. The van der Waals surface area contributed by atoms with Gasteiger partial charge in [-0.3, -0.25) is 4.79 Å². The van der Waals surface area contributed by atoms with Crippen LogP contribution >= 0.6 is 11.5 Å². The van der Waals surface area contributed by atoms with Crippen molar-refractivity contribution in [2.45, 2.75) is 6.54 Å². The van der Waals surface area contributed by atoms with Gasteiger partial charge < -0.3 is 21.1 Å². The molecule has 3 heterocycles. The number of carbonyl (C=O) groups excluding carboxylic acids is 1. The maximum Gasteiger partial charge on any atom is 0.250 e. The highest BCUT2D eigenvalue weighted by Gasteiger charge is 2.27. The van der Waals surface area contributed by atoms with Crippen molar-refractivity contribution in [3.63, 3.8) is 0 Å². The lowest BCUT2D eigenvalue weighted by Gasteiger charge is -2.20. The molecular weight excluding hydrogens is 386 g/mol. The summed E-state index contributed by atoms with van der Waals surface area (Å²) >= 11 is 1.24. The predicted molar refractivity (Wildman–Crippen MR) is 112 cm³/mol. The molecule has 0 spiro atoms. The van der Waals surface area contributed by atoms with Gasteiger partial charge in [-0.15, -0.1) is 0 Å². The largest absolute Gasteiger partial charge is 0.483 e. The van der Waals surface area contributed by atoms with Gasteiger partial charge in [-0.2, -0.15) is 4.37 Å². The summed E-state index contributed by atoms with van der Waals surface area (Å²) in [4.78, 5) is 16.5. The quantitative estimate of drug-likeness (QED) is 0.608. The minimum absolute atomic E-state index is 0.463. The Kier molecular flexibility index (Phi) is 4.25. The van der Waals surface area contributed by atoms with Crippen LogP contribution in [-0.4, -0.2) is 22.7 Å². The molecule has 8 heteroatoms. The molecule has 4 N–H and O–H groups in total. The number of nitrogens with one attached hydrogen (secondary N) is 2. The Balaban J connectivity index is 1.53. The Labute approximate surface area is 170 Å². The number of benzene rings is 2. The third kappa shape index (κ3) is 3.13. The van der Waals surface area contributed by atoms with E-state index in [1.807, 2.05) is 30.3 Å². The number of ether oxygens (including phenoxy) is 1. The average Bonchev–Trinajstić information content (AvgIpc) is 3.39.